The first-order valence-corrected chi connectivity index (χ1v) is 8.86. The quantitative estimate of drug-likeness (QED) is 0.507. The molecule has 1 aliphatic carbocycles. The molecule has 0 radical (unpaired) electrons. The minimum absolute atomic E-state index is 0.295. The number of hydrogen-bond donors (Lipinski definition) is 1. The van der Waals surface area contributed by atoms with Gasteiger partial charge in [-0.15, -0.1) is 0 Å². The molecular formula is C24H16FNO. The Morgan fingerprint density at radius 1 is 0.741 bits per heavy atom. The summed E-state index contributed by atoms with van der Waals surface area (Å²) in [5, 5.41) is 11.0. The Bertz CT molecular complexity index is 1150. The number of aliphatic hydroxyl groups is 1. The van der Waals surface area contributed by atoms with Crippen molar-refractivity contribution in [2.45, 2.75) is 6.10 Å². The molecule has 0 aliphatic heterocycles. The van der Waals surface area contributed by atoms with E-state index in [1.807, 2.05) is 66.7 Å². The van der Waals surface area contributed by atoms with Crippen LogP contribution >= 0.6 is 0 Å². The molecule has 130 valence electrons. The lowest BCUT2D eigenvalue weighted by molar-refractivity contribution is 0.225. The summed E-state index contributed by atoms with van der Waals surface area (Å²) in [6.07, 6.45) is -0.722. The molecular weight excluding hydrogens is 337 g/mol. The maximum absolute atomic E-state index is 13.8. The summed E-state index contributed by atoms with van der Waals surface area (Å²) in [5.74, 6) is -0.295. The van der Waals surface area contributed by atoms with Crippen LogP contribution in [-0.2, 0) is 0 Å². The molecule has 2 nitrogen and oxygen atoms in total. The van der Waals surface area contributed by atoms with Gasteiger partial charge in [0.2, 0.25) is 0 Å². The van der Waals surface area contributed by atoms with Gasteiger partial charge in [-0.25, -0.2) is 9.37 Å². The molecule has 1 atom stereocenters. The predicted octanol–water partition coefficient (Wildman–Crippen LogP) is 5.62. The van der Waals surface area contributed by atoms with Gasteiger partial charge in [-0.05, 0) is 34.9 Å². The highest BCUT2D eigenvalue weighted by atomic mass is 19.1. The number of pyridine rings is 1. The highest BCUT2D eigenvalue weighted by Gasteiger charge is 2.31. The highest BCUT2D eigenvalue weighted by molar-refractivity contribution is 5.86. The van der Waals surface area contributed by atoms with Crippen molar-refractivity contribution in [2.24, 2.45) is 0 Å². The van der Waals surface area contributed by atoms with E-state index in [1.165, 1.54) is 12.1 Å². The van der Waals surface area contributed by atoms with E-state index in [9.17, 15) is 9.50 Å². The van der Waals surface area contributed by atoms with E-state index < -0.39 is 6.10 Å². The average molecular weight is 353 g/mol. The van der Waals surface area contributed by atoms with Gasteiger partial charge in [0, 0.05) is 16.7 Å². The van der Waals surface area contributed by atoms with Crippen molar-refractivity contribution in [3.63, 3.8) is 0 Å². The average Bonchev–Trinajstić information content (AvgIpc) is 3.01. The van der Waals surface area contributed by atoms with Crippen LogP contribution in [-0.4, -0.2) is 10.1 Å². The van der Waals surface area contributed by atoms with Crippen molar-refractivity contribution in [3.05, 3.63) is 102 Å². The predicted molar refractivity (Wildman–Crippen MR) is 105 cm³/mol. The third-order valence-electron chi connectivity index (χ3n) is 5.05. The van der Waals surface area contributed by atoms with Gasteiger partial charge in [0.05, 0.1) is 11.4 Å². The zero-order chi connectivity index (χ0) is 18.4. The van der Waals surface area contributed by atoms with E-state index in [-0.39, 0.29) is 5.82 Å². The normalized spacial score (nSPS) is 14.7. The highest BCUT2D eigenvalue weighted by Crippen LogP contribution is 2.47. The number of hydrogen-bond acceptors (Lipinski definition) is 2. The second-order valence-corrected chi connectivity index (χ2v) is 6.68. The summed E-state index contributed by atoms with van der Waals surface area (Å²) >= 11 is 0. The molecule has 27 heavy (non-hydrogen) atoms. The van der Waals surface area contributed by atoms with Gasteiger partial charge < -0.3 is 5.11 Å². The van der Waals surface area contributed by atoms with E-state index in [4.69, 9.17) is 4.98 Å². The van der Waals surface area contributed by atoms with Gasteiger partial charge in [0.25, 0.3) is 0 Å². The summed E-state index contributed by atoms with van der Waals surface area (Å²) in [6.45, 7) is 0. The molecule has 3 aromatic carbocycles. The Labute approximate surface area is 156 Å². The van der Waals surface area contributed by atoms with Crippen molar-refractivity contribution < 1.29 is 9.50 Å². The number of aliphatic hydroxyl groups excluding tert-OH is 1. The number of aromatic nitrogens is 1. The lowest BCUT2D eigenvalue weighted by Gasteiger charge is -2.14. The van der Waals surface area contributed by atoms with Crippen LogP contribution in [0.1, 0.15) is 17.2 Å². The van der Waals surface area contributed by atoms with E-state index in [1.54, 1.807) is 6.07 Å². The third-order valence-corrected chi connectivity index (χ3v) is 5.05. The van der Waals surface area contributed by atoms with Crippen molar-refractivity contribution in [1.82, 2.24) is 4.98 Å². The van der Waals surface area contributed by atoms with Crippen LogP contribution in [0.25, 0.3) is 33.6 Å². The van der Waals surface area contributed by atoms with Gasteiger partial charge in [0.15, 0.2) is 0 Å². The maximum atomic E-state index is 13.8. The Morgan fingerprint density at radius 2 is 1.48 bits per heavy atom. The second kappa shape index (κ2) is 6.15. The Kier molecular flexibility index (Phi) is 3.62. The smallest absolute Gasteiger partial charge is 0.123 e. The molecule has 5 rings (SSSR count). The van der Waals surface area contributed by atoms with Gasteiger partial charge in [-0.1, -0.05) is 66.7 Å². The summed E-state index contributed by atoms with van der Waals surface area (Å²) < 4.78 is 13.8. The first kappa shape index (κ1) is 15.9. The molecule has 0 saturated carbocycles. The molecule has 4 aromatic rings. The molecule has 1 aromatic heterocycles. The molecule has 0 bridgehead atoms. The monoisotopic (exact) mass is 353 g/mol. The fourth-order valence-electron chi connectivity index (χ4n) is 3.80. The van der Waals surface area contributed by atoms with Gasteiger partial charge in [0.1, 0.15) is 11.9 Å². The van der Waals surface area contributed by atoms with Crippen LogP contribution in [0.3, 0.4) is 0 Å². The van der Waals surface area contributed by atoms with Crippen molar-refractivity contribution in [1.29, 1.82) is 0 Å². The maximum Gasteiger partial charge on any atom is 0.123 e. The fraction of sp³-hybridized carbons (Fsp3) is 0.0417. The largest absolute Gasteiger partial charge is 0.384 e. The molecule has 0 saturated heterocycles. The minimum atomic E-state index is -0.722. The van der Waals surface area contributed by atoms with Gasteiger partial charge in [-0.3, -0.25) is 0 Å². The second-order valence-electron chi connectivity index (χ2n) is 6.68. The van der Waals surface area contributed by atoms with Crippen LogP contribution in [0.5, 0.6) is 0 Å². The van der Waals surface area contributed by atoms with Crippen LogP contribution in [0.2, 0.25) is 0 Å². The van der Waals surface area contributed by atoms with E-state index >= 15 is 0 Å². The Morgan fingerprint density at radius 3 is 2.30 bits per heavy atom. The number of halogens is 1. The standard InChI is InChI=1S/C24H16FNO/c25-17-10-6-9-16(13-17)21-14-20(15-7-2-1-3-8-15)22-23(26-21)18-11-4-5-12-19(18)24(22)27/h1-14,24,27H. The number of nitrogens with zero attached hydrogens (tertiary/aromatic N) is 1. The molecule has 3 heteroatoms. The van der Waals surface area contributed by atoms with Crippen LogP contribution in [0.15, 0.2) is 84.9 Å². The van der Waals surface area contributed by atoms with E-state index in [0.717, 1.165) is 33.5 Å². The van der Waals surface area contributed by atoms with Crippen LogP contribution < -0.4 is 0 Å². The molecule has 1 heterocycles. The Hall–Kier alpha value is -3.30. The summed E-state index contributed by atoms with van der Waals surface area (Å²) in [4.78, 5) is 4.82. The molecule has 0 fully saturated rings. The van der Waals surface area contributed by atoms with E-state index in [0.29, 0.717) is 11.3 Å². The van der Waals surface area contributed by atoms with Crippen LogP contribution in [0.4, 0.5) is 4.39 Å². The van der Waals surface area contributed by atoms with Crippen molar-refractivity contribution in [2.75, 3.05) is 0 Å². The lowest BCUT2D eigenvalue weighted by atomic mass is 9.95. The zero-order valence-corrected chi connectivity index (χ0v) is 14.4. The third kappa shape index (κ3) is 2.56. The lowest BCUT2D eigenvalue weighted by Crippen LogP contribution is -1.99. The molecule has 1 unspecified atom stereocenters. The van der Waals surface area contributed by atoms with E-state index in [2.05, 4.69) is 0 Å². The summed E-state index contributed by atoms with van der Waals surface area (Å²) in [5.41, 5.74) is 6.68. The fourth-order valence-corrected chi connectivity index (χ4v) is 3.80. The van der Waals surface area contributed by atoms with Gasteiger partial charge >= 0.3 is 0 Å². The number of rotatable bonds is 2. The first-order chi connectivity index (χ1) is 13.2. The van der Waals surface area contributed by atoms with Crippen molar-refractivity contribution in [3.8, 4) is 33.6 Å². The molecule has 1 N–H and O–H groups in total. The minimum Gasteiger partial charge on any atom is -0.384 e. The van der Waals surface area contributed by atoms with Crippen LogP contribution in [0, 0.1) is 5.82 Å². The van der Waals surface area contributed by atoms with Crippen molar-refractivity contribution >= 4 is 0 Å². The summed E-state index contributed by atoms with van der Waals surface area (Å²) in [7, 11) is 0. The molecule has 0 amide bonds. The first-order valence-electron chi connectivity index (χ1n) is 8.86. The summed E-state index contributed by atoms with van der Waals surface area (Å²) in [6, 6.07) is 26.1. The Balaban J connectivity index is 1.83. The van der Waals surface area contributed by atoms with Gasteiger partial charge in [-0.2, -0.15) is 0 Å². The topological polar surface area (TPSA) is 33.1 Å². The molecule has 0 spiro atoms. The zero-order valence-electron chi connectivity index (χ0n) is 14.4. The number of benzene rings is 3. The number of fused-ring (bicyclic) bond motifs is 3. The SMILES string of the molecule is OC1c2ccccc2-c2nc(-c3cccc(F)c3)cc(-c3ccccc3)c21. The molecule has 1 aliphatic rings.